The molecule has 0 bridgehead atoms. The van der Waals surface area contributed by atoms with E-state index in [1.165, 1.54) is 4.90 Å². The lowest BCUT2D eigenvalue weighted by Crippen LogP contribution is -2.38. The van der Waals surface area contributed by atoms with Gasteiger partial charge in [-0.2, -0.15) is 0 Å². The van der Waals surface area contributed by atoms with Crippen molar-refractivity contribution < 1.29 is 23.5 Å². The minimum Gasteiger partial charge on any atom is -0.478 e. The Labute approximate surface area is 119 Å². The Hall–Kier alpha value is -2.44. The number of hydrogen-bond acceptors (Lipinski definition) is 2. The average molecular weight is 296 g/mol. The van der Waals surface area contributed by atoms with Crippen molar-refractivity contribution in [2.24, 2.45) is 0 Å². The zero-order chi connectivity index (χ0) is 15.6. The van der Waals surface area contributed by atoms with Crippen LogP contribution in [-0.4, -0.2) is 35.1 Å². The van der Waals surface area contributed by atoms with Crippen molar-refractivity contribution in [1.82, 2.24) is 4.90 Å². The molecular weight excluding hydrogens is 282 g/mol. The Morgan fingerprint density at radius 1 is 1.29 bits per heavy atom. The number of amides is 2. The highest BCUT2D eigenvalue weighted by Crippen LogP contribution is 2.21. The maximum absolute atomic E-state index is 13.6. The largest absolute Gasteiger partial charge is 0.478 e. The second-order valence-corrected chi connectivity index (χ2v) is 4.81. The molecule has 0 saturated heterocycles. The van der Waals surface area contributed by atoms with Gasteiger partial charge in [-0.25, -0.2) is 18.4 Å². The first kappa shape index (κ1) is 15.0. The average Bonchev–Trinajstić information content (AvgIpc) is 2.41. The van der Waals surface area contributed by atoms with Crippen LogP contribution in [0.3, 0.4) is 0 Å². The molecular formula is C14H14F2N2O3. The minimum atomic E-state index is -1.53. The van der Waals surface area contributed by atoms with Crippen LogP contribution in [0.4, 0.5) is 19.3 Å². The normalized spacial score (nSPS) is 14.6. The molecule has 1 aliphatic rings. The highest BCUT2D eigenvalue weighted by atomic mass is 19.1. The van der Waals surface area contributed by atoms with Gasteiger partial charge in [0.15, 0.2) is 0 Å². The topological polar surface area (TPSA) is 69.6 Å². The van der Waals surface area contributed by atoms with Crippen LogP contribution in [0.25, 0.3) is 0 Å². The number of carbonyl (C=O) groups is 2. The monoisotopic (exact) mass is 296 g/mol. The van der Waals surface area contributed by atoms with Gasteiger partial charge in [0.25, 0.3) is 0 Å². The maximum Gasteiger partial charge on any atom is 0.338 e. The van der Waals surface area contributed by atoms with E-state index in [0.29, 0.717) is 25.6 Å². The van der Waals surface area contributed by atoms with Gasteiger partial charge in [-0.05, 0) is 19.4 Å². The predicted molar refractivity (Wildman–Crippen MR) is 72.3 cm³/mol. The van der Waals surface area contributed by atoms with Gasteiger partial charge in [-0.3, -0.25) is 0 Å². The fourth-order valence-electron chi connectivity index (χ4n) is 2.09. The summed E-state index contributed by atoms with van der Waals surface area (Å²) in [6.45, 7) is 2.78. The number of carboxylic acids is 1. The number of nitrogens with zero attached hydrogens (tertiary/aromatic N) is 1. The highest BCUT2D eigenvalue weighted by Gasteiger charge is 2.20. The van der Waals surface area contributed by atoms with Gasteiger partial charge in [0.1, 0.15) is 11.6 Å². The molecule has 7 heteroatoms. The van der Waals surface area contributed by atoms with Crippen molar-refractivity contribution in [3.8, 4) is 0 Å². The molecule has 2 amide bonds. The molecule has 5 nitrogen and oxygen atoms in total. The Morgan fingerprint density at radius 2 is 2.00 bits per heavy atom. The van der Waals surface area contributed by atoms with E-state index in [-0.39, 0.29) is 5.69 Å². The maximum atomic E-state index is 13.6. The van der Waals surface area contributed by atoms with Gasteiger partial charge in [0.2, 0.25) is 0 Å². The van der Waals surface area contributed by atoms with Gasteiger partial charge >= 0.3 is 12.0 Å². The number of urea groups is 1. The summed E-state index contributed by atoms with van der Waals surface area (Å²) in [6.07, 6.45) is 2.70. The summed E-state index contributed by atoms with van der Waals surface area (Å²) in [7, 11) is 0. The van der Waals surface area contributed by atoms with Crippen LogP contribution >= 0.6 is 0 Å². The van der Waals surface area contributed by atoms with Crippen LogP contribution in [-0.2, 0) is 0 Å². The van der Waals surface area contributed by atoms with Gasteiger partial charge in [0, 0.05) is 19.2 Å². The van der Waals surface area contributed by atoms with E-state index in [1.54, 1.807) is 0 Å². The Morgan fingerprint density at radius 3 is 2.62 bits per heavy atom. The summed E-state index contributed by atoms with van der Waals surface area (Å²) in [4.78, 5) is 24.3. The van der Waals surface area contributed by atoms with E-state index in [0.717, 1.165) is 11.6 Å². The minimum absolute atomic E-state index is 0.356. The second-order valence-electron chi connectivity index (χ2n) is 4.81. The van der Waals surface area contributed by atoms with E-state index >= 15 is 0 Å². The lowest BCUT2D eigenvalue weighted by Gasteiger charge is -2.26. The molecule has 0 radical (unpaired) electrons. The first-order valence-corrected chi connectivity index (χ1v) is 6.32. The lowest BCUT2D eigenvalue weighted by atomic mass is 10.1. The van der Waals surface area contributed by atoms with E-state index in [2.05, 4.69) is 5.32 Å². The number of aromatic carboxylic acids is 1. The molecule has 0 aromatic heterocycles. The summed E-state index contributed by atoms with van der Waals surface area (Å²) in [6, 6.07) is 0.669. The Kier molecular flexibility index (Phi) is 4.21. The van der Waals surface area contributed by atoms with Crippen molar-refractivity contribution in [2.45, 2.75) is 13.3 Å². The molecule has 2 rings (SSSR count). The third-order valence-electron chi connectivity index (χ3n) is 3.15. The molecule has 0 spiro atoms. The molecule has 21 heavy (non-hydrogen) atoms. The molecule has 1 aromatic rings. The van der Waals surface area contributed by atoms with Gasteiger partial charge in [-0.1, -0.05) is 11.6 Å². The van der Waals surface area contributed by atoms with Crippen molar-refractivity contribution in [3.63, 3.8) is 0 Å². The van der Waals surface area contributed by atoms with Crippen LogP contribution in [0.2, 0.25) is 0 Å². The van der Waals surface area contributed by atoms with E-state index in [1.807, 2.05) is 13.0 Å². The van der Waals surface area contributed by atoms with E-state index in [4.69, 9.17) is 5.11 Å². The third kappa shape index (κ3) is 3.36. The quantitative estimate of drug-likeness (QED) is 0.824. The van der Waals surface area contributed by atoms with Crippen LogP contribution in [0.15, 0.2) is 23.8 Å². The summed E-state index contributed by atoms with van der Waals surface area (Å²) in [5.41, 5.74) is -0.0328. The number of nitrogens with one attached hydrogen (secondary N) is 1. The summed E-state index contributed by atoms with van der Waals surface area (Å²) in [5.74, 6) is -3.73. The molecule has 0 aliphatic carbocycles. The Bertz CT molecular complexity index is 629. The van der Waals surface area contributed by atoms with Gasteiger partial charge in [-0.15, -0.1) is 0 Å². The van der Waals surface area contributed by atoms with E-state index < -0.39 is 29.2 Å². The zero-order valence-electron chi connectivity index (χ0n) is 11.3. The van der Waals surface area contributed by atoms with Crippen LogP contribution in [0, 0.1) is 11.6 Å². The summed E-state index contributed by atoms with van der Waals surface area (Å²) >= 11 is 0. The molecule has 0 unspecified atom stereocenters. The number of halogens is 2. The van der Waals surface area contributed by atoms with Crippen LogP contribution in [0.5, 0.6) is 0 Å². The third-order valence-corrected chi connectivity index (χ3v) is 3.15. The van der Waals surface area contributed by atoms with Gasteiger partial charge in [0.05, 0.1) is 11.3 Å². The van der Waals surface area contributed by atoms with Gasteiger partial charge < -0.3 is 15.3 Å². The van der Waals surface area contributed by atoms with Crippen molar-refractivity contribution >= 4 is 17.7 Å². The van der Waals surface area contributed by atoms with Crippen LogP contribution < -0.4 is 5.32 Å². The number of hydrogen-bond donors (Lipinski definition) is 2. The first-order chi connectivity index (χ1) is 9.88. The molecule has 1 heterocycles. The molecule has 0 fully saturated rings. The lowest BCUT2D eigenvalue weighted by molar-refractivity contribution is 0.0691. The number of carbonyl (C=O) groups excluding carboxylic acids is 1. The van der Waals surface area contributed by atoms with Crippen molar-refractivity contribution in [3.05, 3.63) is 41.0 Å². The Balaban J connectivity index is 2.19. The summed E-state index contributed by atoms with van der Waals surface area (Å²) < 4.78 is 26.9. The number of anilines is 1. The predicted octanol–water partition coefficient (Wildman–Crippen LogP) is 2.85. The smallest absolute Gasteiger partial charge is 0.338 e. The second kappa shape index (κ2) is 5.90. The first-order valence-electron chi connectivity index (χ1n) is 6.32. The molecule has 112 valence electrons. The summed E-state index contributed by atoms with van der Waals surface area (Å²) in [5, 5.41) is 11.1. The SMILES string of the molecule is CC1=CCCN(C(=O)Nc2cc(C(=O)O)c(F)cc2F)C1. The van der Waals surface area contributed by atoms with Crippen LogP contribution in [0.1, 0.15) is 23.7 Å². The fourth-order valence-corrected chi connectivity index (χ4v) is 2.09. The molecule has 1 aromatic carbocycles. The van der Waals surface area contributed by atoms with Crippen molar-refractivity contribution in [2.75, 3.05) is 18.4 Å². The number of benzene rings is 1. The fraction of sp³-hybridized carbons (Fsp3) is 0.286. The number of carboxylic acid groups (broad SMARTS) is 1. The number of rotatable bonds is 2. The molecule has 2 N–H and O–H groups in total. The standard InChI is InChI=1S/C14H14F2N2O3/c1-8-3-2-4-18(7-8)14(21)17-12-5-9(13(19)20)10(15)6-11(12)16/h3,5-6H,2,4,7H2,1H3,(H,17,21)(H,19,20). The van der Waals surface area contributed by atoms with E-state index in [9.17, 15) is 18.4 Å². The molecule has 1 aliphatic heterocycles. The molecule has 0 atom stereocenters. The van der Waals surface area contributed by atoms with Crippen molar-refractivity contribution in [1.29, 1.82) is 0 Å². The zero-order valence-corrected chi connectivity index (χ0v) is 11.3. The highest BCUT2D eigenvalue weighted by molar-refractivity contribution is 5.93. The molecule has 0 saturated carbocycles.